The van der Waals surface area contributed by atoms with E-state index < -0.39 is 18.5 Å². The second-order valence-corrected chi connectivity index (χ2v) is 8.00. The SMILES string of the molecule is CCOC(=O)C1=C(O)/C(=C/c2ccc(OCC(=O)[O-])c(OC)c2)SC1=Nc1ccc(OCC)cc1. The summed E-state index contributed by atoms with van der Waals surface area (Å²) in [7, 11) is 1.42. The minimum Gasteiger partial charge on any atom is -0.546 e. The number of methoxy groups -OCH3 is 1. The Balaban J connectivity index is 1.95. The summed E-state index contributed by atoms with van der Waals surface area (Å²) < 4.78 is 21.0. The smallest absolute Gasteiger partial charge is 0.344 e. The first-order valence-corrected chi connectivity index (χ1v) is 11.5. The number of carbonyl (C=O) groups excluding carboxylic acids is 2. The van der Waals surface area contributed by atoms with Crippen molar-refractivity contribution in [3.63, 3.8) is 0 Å². The second-order valence-electron chi connectivity index (χ2n) is 6.97. The van der Waals surface area contributed by atoms with E-state index in [9.17, 15) is 19.8 Å². The number of carbonyl (C=O) groups is 2. The number of rotatable bonds is 10. The van der Waals surface area contributed by atoms with Crippen LogP contribution in [0, 0.1) is 0 Å². The summed E-state index contributed by atoms with van der Waals surface area (Å²) in [4.78, 5) is 28.2. The van der Waals surface area contributed by atoms with E-state index in [2.05, 4.69) is 4.99 Å². The molecule has 3 rings (SSSR count). The van der Waals surface area contributed by atoms with Gasteiger partial charge in [-0.05, 0) is 61.9 Å². The van der Waals surface area contributed by atoms with Crippen molar-refractivity contribution in [3.05, 3.63) is 64.3 Å². The average Bonchev–Trinajstić information content (AvgIpc) is 3.13. The molecule has 35 heavy (non-hydrogen) atoms. The molecule has 0 saturated heterocycles. The number of carboxylic acids is 1. The minimum atomic E-state index is -1.36. The summed E-state index contributed by atoms with van der Waals surface area (Å²) in [6, 6.07) is 11.8. The Hall–Kier alpha value is -3.92. The first-order valence-electron chi connectivity index (χ1n) is 10.7. The zero-order valence-electron chi connectivity index (χ0n) is 19.4. The van der Waals surface area contributed by atoms with Crippen LogP contribution in [0.3, 0.4) is 0 Å². The molecule has 1 heterocycles. The Morgan fingerprint density at radius 2 is 1.80 bits per heavy atom. The average molecular weight is 499 g/mol. The molecule has 2 aromatic carbocycles. The number of hydrogen-bond donors (Lipinski definition) is 1. The number of carboxylic acid groups (broad SMARTS) is 1. The van der Waals surface area contributed by atoms with Gasteiger partial charge in [0.15, 0.2) is 11.5 Å². The number of aliphatic hydroxyl groups is 1. The van der Waals surface area contributed by atoms with Crippen molar-refractivity contribution in [3.8, 4) is 17.2 Å². The predicted molar refractivity (Wildman–Crippen MR) is 130 cm³/mol. The highest BCUT2D eigenvalue weighted by molar-refractivity contribution is 8.18. The summed E-state index contributed by atoms with van der Waals surface area (Å²) in [6.07, 6.45) is 1.64. The van der Waals surface area contributed by atoms with Gasteiger partial charge in [0.05, 0.1) is 36.9 Å². The van der Waals surface area contributed by atoms with Gasteiger partial charge in [0, 0.05) is 0 Å². The maximum atomic E-state index is 12.6. The molecule has 1 aliphatic rings. The monoisotopic (exact) mass is 498 g/mol. The van der Waals surface area contributed by atoms with Crippen molar-refractivity contribution in [2.45, 2.75) is 13.8 Å². The zero-order chi connectivity index (χ0) is 25.4. The van der Waals surface area contributed by atoms with Crippen LogP contribution in [0.5, 0.6) is 17.2 Å². The van der Waals surface area contributed by atoms with Crippen molar-refractivity contribution in [2.75, 3.05) is 26.9 Å². The Bertz CT molecular complexity index is 1180. The molecule has 0 unspecified atom stereocenters. The molecule has 1 N–H and O–H groups in total. The van der Waals surface area contributed by atoms with Crippen LogP contribution < -0.4 is 19.3 Å². The number of nitrogens with zero attached hydrogens (tertiary/aromatic N) is 1. The third-order valence-electron chi connectivity index (χ3n) is 4.58. The van der Waals surface area contributed by atoms with Crippen molar-refractivity contribution in [1.29, 1.82) is 0 Å². The van der Waals surface area contributed by atoms with Gasteiger partial charge < -0.3 is 34.0 Å². The number of benzene rings is 2. The van der Waals surface area contributed by atoms with Gasteiger partial charge in [-0.25, -0.2) is 9.79 Å². The van der Waals surface area contributed by atoms with E-state index in [1.54, 1.807) is 49.4 Å². The standard InChI is InChI=1S/C25H25NO8S/c1-4-32-17-9-7-16(8-10-17)26-24-22(25(30)33-5-2)23(29)20(35-24)13-15-6-11-18(19(12-15)31-3)34-14-21(27)28/h6-13,29H,4-5,14H2,1-3H3,(H,27,28)/p-1/b20-13-,26-24?. The molecule has 0 atom stereocenters. The molecule has 1 aliphatic heterocycles. The fraction of sp³-hybridized carbons (Fsp3) is 0.240. The van der Waals surface area contributed by atoms with Crippen molar-refractivity contribution >= 4 is 40.5 Å². The maximum Gasteiger partial charge on any atom is 0.344 e. The summed E-state index contributed by atoms with van der Waals surface area (Å²) in [5.74, 6) is -1.09. The molecule has 0 fully saturated rings. The van der Waals surface area contributed by atoms with Crippen LogP contribution in [0.4, 0.5) is 5.69 Å². The van der Waals surface area contributed by atoms with Gasteiger partial charge in [-0.3, -0.25) is 0 Å². The molecule has 10 heteroatoms. The molecule has 184 valence electrons. The lowest BCUT2D eigenvalue weighted by molar-refractivity contribution is -0.307. The highest BCUT2D eigenvalue weighted by atomic mass is 32.2. The summed E-state index contributed by atoms with van der Waals surface area (Å²) in [5.41, 5.74) is 1.16. The summed E-state index contributed by atoms with van der Waals surface area (Å²) in [5, 5.41) is 21.8. The predicted octanol–water partition coefficient (Wildman–Crippen LogP) is 3.42. The van der Waals surface area contributed by atoms with Gasteiger partial charge in [-0.1, -0.05) is 17.8 Å². The fourth-order valence-corrected chi connectivity index (χ4v) is 4.11. The fourth-order valence-electron chi connectivity index (χ4n) is 3.07. The van der Waals surface area contributed by atoms with Crippen LogP contribution >= 0.6 is 11.8 Å². The summed E-state index contributed by atoms with van der Waals surface area (Å²) >= 11 is 1.11. The molecule has 0 radical (unpaired) electrons. The van der Waals surface area contributed by atoms with E-state index >= 15 is 0 Å². The molecule has 2 aromatic rings. The number of aliphatic hydroxyl groups excluding tert-OH is 1. The van der Waals surface area contributed by atoms with E-state index in [4.69, 9.17) is 18.9 Å². The quantitative estimate of drug-likeness (QED) is 0.490. The first-order chi connectivity index (χ1) is 16.9. The molecule has 9 nitrogen and oxygen atoms in total. The first kappa shape index (κ1) is 25.7. The van der Waals surface area contributed by atoms with Crippen LogP contribution in [0.15, 0.2) is 63.7 Å². The number of thioether (sulfide) groups is 1. The van der Waals surface area contributed by atoms with Gasteiger partial charge >= 0.3 is 5.97 Å². The molecule has 0 aromatic heterocycles. The van der Waals surface area contributed by atoms with Crippen LogP contribution in [0.1, 0.15) is 19.4 Å². The highest BCUT2D eigenvalue weighted by Crippen LogP contribution is 2.41. The molecule has 0 aliphatic carbocycles. The third-order valence-corrected chi connectivity index (χ3v) is 5.60. The summed E-state index contributed by atoms with van der Waals surface area (Å²) in [6.45, 7) is 3.62. The van der Waals surface area contributed by atoms with E-state index in [0.717, 1.165) is 11.8 Å². The molecule has 0 bridgehead atoms. The lowest BCUT2D eigenvalue weighted by atomic mass is 10.1. The number of esters is 1. The highest BCUT2D eigenvalue weighted by Gasteiger charge is 2.33. The molecular formula is C25H24NO8S-. The number of aliphatic carboxylic acids is 1. The lowest BCUT2D eigenvalue weighted by Gasteiger charge is -2.11. The number of ether oxygens (including phenoxy) is 4. The van der Waals surface area contributed by atoms with Crippen molar-refractivity contribution in [2.24, 2.45) is 4.99 Å². The van der Waals surface area contributed by atoms with Crippen LogP contribution in [0.25, 0.3) is 6.08 Å². The van der Waals surface area contributed by atoms with E-state index in [0.29, 0.717) is 34.3 Å². The normalized spacial score (nSPS) is 15.4. The molecule has 0 spiro atoms. The van der Waals surface area contributed by atoms with Gasteiger partial charge in [0.2, 0.25) is 0 Å². The number of hydrogen-bond acceptors (Lipinski definition) is 10. The van der Waals surface area contributed by atoms with Crippen LogP contribution in [-0.4, -0.2) is 49.0 Å². The van der Waals surface area contributed by atoms with Crippen LogP contribution in [-0.2, 0) is 14.3 Å². The number of aliphatic imine (C=N–C) groups is 1. The van der Waals surface area contributed by atoms with Gasteiger partial charge in [0.25, 0.3) is 0 Å². The topological polar surface area (TPSA) is 127 Å². The molecule has 0 amide bonds. The van der Waals surface area contributed by atoms with E-state index in [-0.39, 0.29) is 28.7 Å². The Morgan fingerprint density at radius 1 is 1.06 bits per heavy atom. The van der Waals surface area contributed by atoms with Gasteiger partial charge in [0.1, 0.15) is 28.7 Å². The van der Waals surface area contributed by atoms with E-state index in [1.165, 1.54) is 13.2 Å². The van der Waals surface area contributed by atoms with E-state index in [1.807, 2.05) is 6.92 Å². The van der Waals surface area contributed by atoms with Crippen molar-refractivity contribution < 1.29 is 38.7 Å². The van der Waals surface area contributed by atoms with Crippen molar-refractivity contribution in [1.82, 2.24) is 0 Å². The van der Waals surface area contributed by atoms with Gasteiger partial charge in [-0.15, -0.1) is 0 Å². The maximum absolute atomic E-state index is 12.6. The second kappa shape index (κ2) is 12.0. The molecule has 0 saturated carbocycles. The lowest BCUT2D eigenvalue weighted by Crippen LogP contribution is -2.29. The van der Waals surface area contributed by atoms with Crippen LogP contribution in [0.2, 0.25) is 0 Å². The molecular weight excluding hydrogens is 474 g/mol. The minimum absolute atomic E-state index is 0.0298. The third kappa shape index (κ3) is 6.57. The van der Waals surface area contributed by atoms with Gasteiger partial charge in [-0.2, -0.15) is 0 Å². The largest absolute Gasteiger partial charge is 0.546 e. The Labute approximate surface area is 206 Å². The Morgan fingerprint density at radius 3 is 2.43 bits per heavy atom. The Kier molecular flexibility index (Phi) is 8.80. The zero-order valence-corrected chi connectivity index (χ0v) is 20.2.